The zero-order chi connectivity index (χ0) is 29.4. The Morgan fingerprint density at radius 1 is 1.02 bits per heavy atom. The molecule has 0 saturated carbocycles. The van der Waals surface area contributed by atoms with E-state index in [1.54, 1.807) is 0 Å². The maximum atomic E-state index is 14.5. The highest BCUT2D eigenvalue weighted by Crippen LogP contribution is 2.33. The van der Waals surface area contributed by atoms with Crippen LogP contribution in [0.15, 0.2) is 53.5 Å². The van der Waals surface area contributed by atoms with Gasteiger partial charge in [0.1, 0.15) is 24.0 Å². The van der Waals surface area contributed by atoms with Gasteiger partial charge in [0, 0.05) is 31.1 Å². The number of hydrogen-bond donors (Lipinski definition) is 2. The van der Waals surface area contributed by atoms with Crippen molar-refractivity contribution in [2.45, 2.75) is 49.4 Å². The van der Waals surface area contributed by atoms with Gasteiger partial charge in [0.05, 0.1) is 0 Å². The third-order valence-electron chi connectivity index (χ3n) is 7.85. The average molecular weight is 578 g/mol. The topological polar surface area (TPSA) is 94.1 Å². The van der Waals surface area contributed by atoms with Crippen molar-refractivity contribution in [1.29, 1.82) is 0 Å². The van der Waals surface area contributed by atoms with E-state index in [-0.39, 0.29) is 50.2 Å². The zero-order valence-electron chi connectivity index (χ0n) is 21.9. The minimum absolute atomic E-state index is 0.0473. The molecule has 2 saturated heterocycles. The van der Waals surface area contributed by atoms with Gasteiger partial charge >= 0.3 is 12.2 Å². The maximum absolute atomic E-state index is 14.5. The monoisotopic (exact) mass is 577 g/mol. The van der Waals surface area contributed by atoms with E-state index in [0.29, 0.717) is 10.7 Å². The number of amides is 4. The fraction of sp³-hybridized carbons (Fsp3) is 0.429. The van der Waals surface area contributed by atoms with E-state index < -0.39 is 60.3 Å². The SMILES string of the molecule is O=C(N[C@@H]1CC[C@@H](c2cccc(F)c2F)CN(CC(F)(F)F)C1=O)N1CCC2(CC1)N=C(c1ccccc1)NC2=O. The van der Waals surface area contributed by atoms with Crippen molar-refractivity contribution in [3.8, 4) is 0 Å². The first-order chi connectivity index (χ1) is 19.5. The van der Waals surface area contributed by atoms with E-state index in [1.165, 1.54) is 17.0 Å². The summed E-state index contributed by atoms with van der Waals surface area (Å²) in [4.78, 5) is 45.6. The second kappa shape index (κ2) is 11.1. The van der Waals surface area contributed by atoms with Crippen molar-refractivity contribution in [3.63, 3.8) is 0 Å². The fourth-order valence-electron chi connectivity index (χ4n) is 5.65. The number of amidine groups is 1. The minimum atomic E-state index is -4.73. The summed E-state index contributed by atoms with van der Waals surface area (Å²) in [5.74, 6) is -3.97. The average Bonchev–Trinajstić information content (AvgIpc) is 3.17. The molecule has 2 aromatic carbocycles. The Labute approximate surface area is 232 Å². The van der Waals surface area contributed by atoms with Gasteiger partial charge in [0.15, 0.2) is 11.6 Å². The Morgan fingerprint density at radius 3 is 2.41 bits per heavy atom. The number of rotatable bonds is 4. The van der Waals surface area contributed by atoms with Gasteiger partial charge in [-0.2, -0.15) is 13.2 Å². The van der Waals surface area contributed by atoms with Crippen LogP contribution in [0.3, 0.4) is 0 Å². The van der Waals surface area contributed by atoms with Crippen molar-refractivity contribution < 1.29 is 36.3 Å². The van der Waals surface area contributed by atoms with E-state index >= 15 is 0 Å². The number of nitrogens with zero attached hydrogens (tertiary/aromatic N) is 3. The number of nitrogens with one attached hydrogen (secondary N) is 2. The van der Waals surface area contributed by atoms with E-state index in [0.717, 1.165) is 11.6 Å². The molecule has 2 aromatic rings. The summed E-state index contributed by atoms with van der Waals surface area (Å²) in [6, 6.07) is 10.6. The van der Waals surface area contributed by atoms with Gasteiger partial charge in [-0.05, 0) is 37.3 Å². The minimum Gasteiger partial charge on any atom is -0.331 e. The van der Waals surface area contributed by atoms with Crippen molar-refractivity contribution in [3.05, 3.63) is 71.3 Å². The standard InChI is InChI=1S/C28H28F5N5O3/c29-20-8-4-7-19(22(20)30)18-9-10-21(24(39)38(15-18)16-28(31,32)33)34-26(41)37-13-11-27(12-14-37)25(40)35-23(36-27)17-5-2-1-3-6-17/h1-8,18,21H,9-16H2,(H,34,41)(H,35,36,40)/t18-,21-/m1/s1. The number of piperidine rings is 1. The van der Waals surface area contributed by atoms with Crippen LogP contribution in [0.2, 0.25) is 0 Å². The number of aliphatic imine (C=N–C) groups is 1. The van der Waals surface area contributed by atoms with Crippen LogP contribution in [0.1, 0.15) is 42.7 Å². The molecule has 5 rings (SSSR count). The molecule has 2 atom stereocenters. The van der Waals surface area contributed by atoms with Crippen LogP contribution in [0.25, 0.3) is 0 Å². The van der Waals surface area contributed by atoms with Gasteiger partial charge in [-0.15, -0.1) is 0 Å². The number of alkyl halides is 3. The lowest BCUT2D eigenvalue weighted by atomic mass is 9.88. The molecular formula is C28H28F5N5O3. The van der Waals surface area contributed by atoms with Gasteiger partial charge in [0.2, 0.25) is 5.91 Å². The largest absolute Gasteiger partial charge is 0.406 e. The highest BCUT2D eigenvalue weighted by Gasteiger charge is 2.47. The molecule has 218 valence electrons. The van der Waals surface area contributed by atoms with Crippen LogP contribution in [0, 0.1) is 11.6 Å². The number of hydrogen-bond acceptors (Lipinski definition) is 4. The summed E-state index contributed by atoms with van der Waals surface area (Å²) in [5.41, 5.74) is -0.403. The lowest BCUT2D eigenvalue weighted by Crippen LogP contribution is -2.56. The highest BCUT2D eigenvalue weighted by molar-refractivity contribution is 6.15. The maximum Gasteiger partial charge on any atom is 0.406 e. The van der Waals surface area contributed by atoms with Crippen LogP contribution in [0.5, 0.6) is 0 Å². The molecule has 0 bridgehead atoms. The van der Waals surface area contributed by atoms with Crippen molar-refractivity contribution in [1.82, 2.24) is 20.4 Å². The number of urea groups is 1. The third kappa shape index (κ3) is 6.03. The molecule has 0 radical (unpaired) electrons. The van der Waals surface area contributed by atoms with Crippen LogP contribution in [-0.4, -0.2) is 77.4 Å². The van der Waals surface area contributed by atoms with E-state index in [2.05, 4.69) is 15.6 Å². The fourth-order valence-corrected chi connectivity index (χ4v) is 5.65. The Balaban J connectivity index is 1.27. The zero-order valence-corrected chi connectivity index (χ0v) is 21.9. The third-order valence-corrected chi connectivity index (χ3v) is 7.85. The Kier molecular flexibility index (Phi) is 7.71. The van der Waals surface area contributed by atoms with E-state index in [9.17, 15) is 36.3 Å². The Bertz CT molecular complexity index is 1360. The number of likely N-dealkylation sites (tertiary alicyclic amines) is 2. The van der Waals surface area contributed by atoms with Crippen LogP contribution >= 0.6 is 0 Å². The first kappa shape index (κ1) is 28.5. The summed E-state index contributed by atoms with van der Waals surface area (Å²) in [6.07, 6.45) is -4.30. The molecular weight excluding hydrogens is 549 g/mol. The van der Waals surface area contributed by atoms with Crippen molar-refractivity contribution in [2.24, 2.45) is 4.99 Å². The van der Waals surface area contributed by atoms with Crippen LogP contribution in [0.4, 0.5) is 26.7 Å². The van der Waals surface area contributed by atoms with Gasteiger partial charge < -0.3 is 20.4 Å². The van der Waals surface area contributed by atoms with E-state index in [4.69, 9.17) is 0 Å². The second-order valence-corrected chi connectivity index (χ2v) is 10.6. The molecule has 4 amide bonds. The Hall–Kier alpha value is -4.03. The number of carbonyl (C=O) groups excluding carboxylic acids is 3. The summed E-state index contributed by atoms with van der Waals surface area (Å²) in [6.45, 7) is -1.80. The molecule has 2 N–H and O–H groups in total. The summed E-state index contributed by atoms with van der Waals surface area (Å²) in [7, 11) is 0. The highest BCUT2D eigenvalue weighted by atomic mass is 19.4. The quantitative estimate of drug-likeness (QED) is 0.543. The smallest absolute Gasteiger partial charge is 0.331 e. The molecule has 41 heavy (non-hydrogen) atoms. The molecule has 0 aliphatic carbocycles. The number of carbonyl (C=O) groups is 3. The number of halogens is 5. The lowest BCUT2D eigenvalue weighted by Gasteiger charge is -2.36. The first-order valence-corrected chi connectivity index (χ1v) is 13.3. The lowest BCUT2D eigenvalue weighted by molar-refractivity contribution is -0.162. The van der Waals surface area contributed by atoms with Crippen LogP contribution in [-0.2, 0) is 9.59 Å². The van der Waals surface area contributed by atoms with Gasteiger partial charge in [0.25, 0.3) is 5.91 Å². The van der Waals surface area contributed by atoms with Crippen molar-refractivity contribution in [2.75, 3.05) is 26.2 Å². The number of benzene rings is 2. The van der Waals surface area contributed by atoms with Crippen LogP contribution < -0.4 is 10.6 Å². The van der Waals surface area contributed by atoms with Gasteiger partial charge in [-0.25, -0.2) is 13.6 Å². The predicted molar refractivity (Wildman–Crippen MR) is 138 cm³/mol. The first-order valence-electron chi connectivity index (χ1n) is 13.3. The van der Waals surface area contributed by atoms with Gasteiger partial charge in [-0.3, -0.25) is 14.6 Å². The van der Waals surface area contributed by atoms with Gasteiger partial charge in [-0.1, -0.05) is 42.5 Å². The molecule has 3 aliphatic heterocycles. The molecule has 0 unspecified atom stereocenters. The molecule has 13 heteroatoms. The normalized spacial score (nSPS) is 22.8. The molecule has 8 nitrogen and oxygen atoms in total. The summed E-state index contributed by atoms with van der Waals surface area (Å²) >= 11 is 0. The predicted octanol–water partition coefficient (Wildman–Crippen LogP) is 3.72. The Morgan fingerprint density at radius 2 is 1.73 bits per heavy atom. The second-order valence-electron chi connectivity index (χ2n) is 10.6. The van der Waals surface area contributed by atoms with Crippen molar-refractivity contribution >= 4 is 23.7 Å². The molecule has 0 aromatic heterocycles. The van der Waals surface area contributed by atoms with E-state index in [1.807, 2.05) is 30.3 Å². The summed E-state index contributed by atoms with van der Waals surface area (Å²) < 4.78 is 68.4. The summed E-state index contributed by atoms with van der Waals surface area (Å²) in [5, 5.41) is 5.34. The molecule has 3 heterocycles. The molecule has 2 fully saturated rings. The molecule has 3 aliphatic rings. The molecule has 1 spiro atoms.